The monoisotopic (exact) mass is 158 g/mol. The minimum absolute atomic E-state index is 0.273. The van der Waals surface area contributed by atoms with Crippen molar-refractivity contribution >= 4 is 5.97 Å². The van der Waals surface area contributed by atoms with Crippen LogP contribution in [0.5, 0.6) is 0 Å². The Morgan fingerprint density at radius 1 is 1.64 bits per heavy atom. The lowest BCUT2D eigenvalue weighted by Crippen LogP contribution is -2.39. The lowest BCUT2D eigenvalue weighted by atomic mass is 9.83. The Balaban J connectivity index is 2.07. The molecule has 0 bridgehead atoms. The summed E-state index contributed by atoms with van der Waals surface area (Å²) in [5.41, 5.74) is 0.273. The summed E-state index contributed by atoms with van der Waals surface area (Å²) < 4.78 is 5.05. The maximum atomic E-state index is 10.2. The van der Waals surface area contributed by atoms with E-state index in [0.717, 1.165) is 26.1 Å². The molecule has 0 amide bonds. The third kappa shape index (κ3) is 2.50. The number of carboxylic acids is 1. The number of hydrogen-bond acceptors (Lipinski definition) is 2. The first-order valence-electron chi connectivity index (χ1n) is 3.92. The first-order chi connectivity index (χ1) is 5.12. The molecule has 1 N–H and O–H groups in total. The van der Waals surface area contributed by atoms with E-state index >= 15 is 0 Å². The predicted octanol–water partition coefficient (Wildman–Crippen LogP) is 1.28. The Morgan fingerprint density at radius 2 is 2.27 bits per heavy atom. The van der Waals surface area contributed by atoms with E-state index in [1.807, 2.05) is 0 Å². The highest BCUT2D eigenvalue weighted by Crippen LogP contribution is 2.32. The summed E-state index contributed by atoms with van der Waals surface area (Å²) in [6.07, 6.45) is 2.03. The van der Waals surface area contributed by atoms with Gasteiger partial charge in [0.05, 0.1) is 13.2 Å². The molecule has 1 heterocycles. The molecule has 0 saturated carbocycles. The Kier molecular flexibility index (Phi) is 2.49. The molecule has 1 aliphatic heterocycles. The third-order valence-corrected chi connectivity index (χ3v) is 2.07. The van der Waals surface area contributed by atoms with Gasteiger partial charge in [0, 0.05) is 11.8 Å². The normalized spacial score (nSPS) is 20.8. The minimum atomic E-state index is -0.700. The van der Waals surface area contributed by atoms with E-state index in [4.69, 9.17) is 9.84 Å². The summed E-state index contributed by atoms with van der Waals surface area (Å²) in [7, 11) is 0. The summed E-state index contributed by atoms with van der Waals surface area (Å²) >= 11 is 0. The van der Waals surface area contributed by atoms with E-state index in [9.17, 15) is 4.79 Å². The quantitative estimate of drug-likeness (QED) is 0.670. The molecule has 11 heavy (non-hydrogen) atoms. The van der Waals surface area contributed by atoms with Crippen LogP contribution in [0.2, 0.25) is 0 Å². The Labute approximate surface area is 66.4 Å². The largest absolute Gasteiger partial charge is 0.481 e. The molecule has 0 unspecified atom stereocenters. The van der Waals surface area contributed by atoms with E-state index in [0.29, 0.717) is 0 Å². The third-order valence-electron chi connectivity index (χ3n) is 2.07. The molecule has 0 radical (unpaired) electrons. The van der Waals surface area contributed by atoms with Crippen LogP contribution in [-0.2, 0) is 9.53 Å². The number of carbonyl (C=O) groups is 1. The van der Waals surface area contributed by atoms with Crippen LogP contribution in [0.1, 0.15) is 26.2 Å². The van der Waals surface area contributed by atoms with E-state index < -0.39 is 5.97 Å². The second-order valence-corrected chi connectivity index (χ2v) is 3.55. The number of rotatable bonds is 4. The van der Waals surface area contributed by atoms with Crippen molar-refractivity contribution in [1.82, 2.24) is 0 Å². The zero-order valence-electron chi connectivity index (χ0n) is 6.80. The average molecular weight is 158 g/mol. The van der Waals surface area contributed by atoms with Crippen molar-refractivity contribution in [2.75, 3.05) is 13.2 Å². The Hall–Kier alpha value is -0.570. The highest BCUT2D eigenvalue weighted by molar-refractivity contribution is 5.66. The molecule has 3 nitrogen and oxygen atoms in total. The van der Waals surface area contributed by atoms with E-state index in [1.165, 1.54) is 0 Å². The molecule has 1 rings (SSSR count). The van der Waals surface area contributed by atoms with Gasteiger partial charge >= 0.3 is 5.97 Å². The number of carboxylic acid groups (broad SMARTS) is 1. The van der Waals surface area contributed by atoms with Crippen molar-refractivity contribution in [3.8, 4) is 0 Å². The zero-order chi connectivity index (χ0) is 8.32. The molecule has 0 aliphatic carbocycles. The first-order valence-corrected chi connectivity index (χ1v) is 3.92. The molecule has 1 aliphatic rings. The van der Waals surface area contributed by atoms with E-state index in [1.54, 1.807) is 0 Å². The van der Waals surface area contributed by atoms with Gasteiger partial charge in [0.25, 0.3) is 0 Å². The van der Waals surface area contributed by atoms with Crippen molar-refractivity contribution in [3.63, 3.8) is 0 Å². The standard InChI is InChI=1S/C8H14O3/c1-8(5-11-6-8)4-2-3-7(9)10/h2-6H2,1H3,(H,9,10). The van der Waals surface area contributed by atoms with Gasteiger partial charge in [-0.2, -0.15) is 0 Å². The van der Waals surface area contributed by atoms with E-state index in [-0.39, 0.29) is 11.8 Å². The fourth-order valence-corrected chi connectivity index (χ4v) is 1.26. The second-order valence-electron chi connectivity index (χ2n) is 3.55. The molecule has 0 aromatic rings. The van der Waals surface area contributed by atoms with Gasteiger partial charge in [-0.3, -0.25) is 4.79 Å². The summed E-state index contributed by atoms with van der Waals surface area (Å²) in [5.74, 6) is -0.700. The maximum Gasteiger partial charge on any atom is 0.303 e. The van der Waals surface area contributed by atoms with Gasteiger partial charge in [-0.05, 0) is 12.8 Å². The first kappa shape index (κ1) is 8.53. The second kappa shape index (κ2) is 3.22. The van der Waals surface area contributed by atoms with Crippen LogP contribution in [0, 0.1) is 5.41 Å². The molecule has 0 spiro atoms. The van der Waals surface area contributed by atoms with Crippen molar-refractivity contribution < 1.29 is 14.6 Å². The summed E-state index contributed by atoms with van der Waals surface area (Å²) in [5, 5.41) is 8.37. The van der Waals surface area contributed by atoms with Gasteiger partial charge in [-0.15, -0.1) is 0 Å². The van der Waals surface area contributed by atoms with Gasteiger partial charge in [0.1, 0.15) is 0 Å². The number of ether oxygens (including phenoxy) is 1. The van der Waals surface area contributed by atoms with Crippen molar-refractivity contribution in [2.45, 2.75) is 26.2 Å². The van der Waals surface area contributed by atoms with Gasteiger partial charge in [-0.1, -0.05) is 6.92 Å². The van der Waals surface area contributed by atoms with Crippen LogP contribution >= 0.6 is 0 Å². The fraction of sp³-hybridized carbons (Fsp3) is 0.875. The Morgan fingerprint density at radius 3 is 2.64 bits per heavy atom. The van der Waals surface area contributed by atoms with Crippen LogP contribution in [-0.4, -0.2) is 24.3 Å². The molecule has 0 aromatic carbocycles. The lowest BCUT2D eigenvalue weighted by molar-refractivity contribution is -0.138. The highest BCUT2D eigenvalue weighted by atomic mass is 16.5. The lowest BCUT2D eigenvalue weighted by Gasteiger charge is -2.38. The van der Waals surface area contributed by atoms with Gasteiger partial charge in [0.2, 0.25) is 0 Å². The van der Waals surface area contributed by atoms with Crippen LogP contribution in [0.3, 0.4) is 0 Å². The summed E-state index contributed by atoms with van der Waals surface area (Å²) in [6, 6.07) is 0. The molecule has 3 heteroatoms. The van der Waals surface area contributed by atoms with Gasteiger partial charge in [-0.25, -0.2) is 0 Å². The van der Waals surface area contributed by atoms with Gasteiger partial charge < -0.3 is 9.84 Å². The average Bonchev–Trinajstić information content (AvgIpc) is 1.83. The predicted molar refractivity (Wildman–Crippen MR) is 40.4 cm³/mol. The molecular formula is C8H14O3. The topological polar surface area (TPSA) is 46.5 Å². The number of hydrogen-bond donors (Lipinski definition) is 1. The van der Waals surface area contributed by atoms with Gasteiger partial charge in [0.15, 0.2) is 0 Å². The smallest absolute Gasteiger partial charge is 0.303 e. The van der Waals surface area contributed by atoms with Crippen molar-refractivity contribution in [1.29, 1.82) is 0 Å². The highest BCUT2D eigenvalue weighted by Gasteiger charge is 2.32. The molecule has 1 saturated heterocycles. The number of aliphatic carboxylic acids is 1. The molecular weight excluding hydrogens is 144 g/mol. The van der Waals surface area contributed by atoms with Crippen molar-refractivity contribution in [3.05, 3.63) is 0 Å². The summed E-state index contributed by atoms with van der Waals surface area (Å²) in [6.45, 7) is 3.73. The maximum absolute atomic E-state index is 10.2. The van der Waals surface area contributed by atoms with Crippen LogP contribution < -0.4 is 0 Å². The molecule has 64 valence electrons. The fourth-order valence-electron chi connectivity index (χ4n) is 1.26. The molecule has 0 aromatic heterocycles. The zero-order valence-corrected chi connectivity index (χ0v) is 6.80. The van der Waals surface area contributed by atoms with Crippen LogP contribution in [0.25, 0.3) is 0 Å². The Bertz CT molecular complexity index is 149. The molecule has 1 fully saturated rings. The van der Waals surface area contributed by atoms with Crippen LogP contribution in [0.4, 0.5) is 0 Å². The SMILES string of the molecule is CC1(CCCC(=O)O)COC1. The van der Waals surface area contributed by atoms with E-state index in [2.05, 4.69) is 6.92 Å². The molecule has 0 atom stereocenters. The summed E-state index contributed by atoms with van der Waals surface area (Å²) in [4.78, 5) is 10.2. The van der Waals surface area contributed by atoms with Crippen LogP contribution in [0.15, 0.2) is 0 Å². The van der Waals surface area contributed by atoms with Crippen molar-refractivity contribution in [2.24, 2.45) is 5.41 Å². The minimum Gasteiger partial charge on any atom is -0.481 e.